The Morgan fingerprint density at radius 2 is 0.837 bits per heavy atom. The van der Waals surface area contributed by atoms with Crippen molar-refractivity contribution in [2.75, 3.05) is 26.4 Å². The van der Waals surface area contributed by atoms with E-state index in [1.165, 1.54) is 0 Å². The van der Waals surface area contributed by atoms with E-state index < -0.39 is 17.6 Å². The zero-order chi connectivity index (χ0) is 31.0. The maximum absolute atomic E-state index is 10.4. The Labute approximate surface area is 285 Å². The number of hydrogen-bond donors (Lipinski definition) is 2. The van der Waals surface area contributed by atoms with Crippen molar-refractivity contribution in [2.45, 2.75) is 31.5 Å². The first kappa shape index (κ1) is 33.8. The standard InChI is InChI=1S/C33H32Br4O6/c1-33(2,21-13-27(34)31(28(35)14-21)42-19-23(38)17-40-25-9-5-3-6-10-25)22-15-29(36)32(30(37)16-22)43-20-24(39)18-41-26-11-7-4-8-12-26/h3-16,23-24,38-39H,17-20H2,1-2H3. The van der Waals surface area contributed by atoms with Gasteiger partial charge in [0.1, 0.15) is 61.6 Å². The molecule has 0 aliphatic rings. The van der Waals surface area contributed by atoms with E-state index >= 15 is 0 Å². The number of rotatable bonds is 14. The molecule has 6 nitrogen and oxygen atoms in total. The minimum Gasteiger partial charge on any atom is -0.491 e. The molecule has 2 N–H and O–H groups in total. The molecule has 4 aromatic carbocycles. The molecule has 0 saturated heterocycles. The molecule has 4 rings (SSSR count). The summed E-state index contributed by atoms with van der Waals surface area (Å²) in [6, 6.07) is 26.8. The van der Waals surface area contributed by atoms with E-state index in [1.54, 1.807) is 0 Å². The number of ether oxygens (including phenoxy) is 4. The van der Waals surface area contributed by atoms with Gasteiger partial charge in [-0.3, -0.25) is 0 Å². The molecule has 2 atom stereocenters. The van der Waals surface area contributed by atoms with Crippen LogP contribution in [0.5, 0.6) is 23.0 Å². The van der Waals surface area contributed by atoms with Crippen LogP contribution in [0.1, 0.15) is 25.0 Å². The van der Waals surface area contributed by atoms with Crippen LogP contribution in [0.15, 0.2) is 103 Å². The summed E-state index contributed by atoms with van der Waals surface area (Å²) in [6.45, 7) is 4.64. The summed E-state index contributed by atoms with van der Waals surface area (Å²) in [5, 5.41) is 20.8. The second-order valence-corrected chi connectivity index (χ2v) is 13.8. The molecule has 2 unspecified atom stereocenters. The first-order chi connectivity index (χ1) is 20.5. The van der Waals surface area contributed by atoms with Crippen LogP contribution in [0.3, 0.4) is 0 Å². The van der Waals surface area contributed by atoms with Gasteiger partial charge in [0, 0.05) is 5.41 Å². The lowest BCUT2D eigenvalue weighted by molar-refractivity contribution is 0.0621. The van der Waals surface area contributed by atoms with Gasteiger partial charge in [-0.2, -0.15) is 0 Å². The Kier molecular flexibility index (Phi) is 12.4. The van der Waals surface area contributed by atoms with Crippen LogP contribution in [0.2, 0.25) is 0 Å². The van der Waals surface area contributed by atoms with E-state index in [9.17, 15) is 10.2 Å². The Morgan fingerprint density at radius 1 is 0.535 bits per heavy atom. The van der Waals surface area contributed by atoms with E-state index in [0.717, 1.165) is 29.0 Å². The molecule has 0 fully saturated rings. The highest BCUT2D eigenvalue weighted by atomic mass is 79.9. The topological polar surface area (TPSA) is 77.4 Å². The highest BCUT2D eigenvalue weighted by Crippen LogP contribution is 2.44. The molecule has 0 aliphatic carbocycles. The summed E-state index contributed by atoms with van der Waals surface area (Å²) in [5.41, 5.74) is 1.67. The normalized spacial score (nSPS) is 12.8. The van der Waals surface area contributed by atoms with Crippen LogP contribution in [-0.4, -0.2) is 48.8 Å². The second-order valence-electron chi connectivity index (χ2n) is 10.3. The summed E-state index contributed by atoms with van der Waals surface area (Å²) < 4.78 is 26.2. The lowest BCUT2D eigenvalue weighted by atomic mass is 9.78. The zero-order valence-electron chi connectivity index (χ0n) is 23.6. The molecule has 10 heteroatoms. The average molecular weight is 844 g/mol. The number of halogens is 4. The number of aliphatic hydroxyl groups excluding tert-OH is 2. The van der Waals surface area contributed by atoms with Gasteiger partial charge in [-0.25, -0.2) is 0 Å². The molecular formula is C33H32Br4O6. The van der Waals surface area contributed by atoms with Gasteiger partial charge >= 0.3 is 0 Å². The van der Waals surface area contributed by atoms with Crippen molar-refractivity contribution >= 4 is 63.7 Å². The molecule has 0 heterocycles. The monoisotopic (exact) mass is 840 g/mol. The lowest BCUT2D eigenvalue weighted by Gasteiger charge is -2.28. The van der Waals surface area contributed by atoms with E-state index in [4.69, 9.17) is 18.9 Å². The predicted octanol–water partition coefficient (Wildman–Crippen LogP) is 8.70. The molecule has 0 aromatic heterocycles. The fourth-order valence-electron chi connectivity index (χ4n) is 4.16. The third-order valence-electron chi connectivity index (χ3n) is 6.65. The predicted molar refractivity (Wildman–Crippen MR) is 183 cm³/mol. The largest absolute Gasteiger partial charge is 0.491 e. The second kappa shape index (κ2) is 15.8. The summed E-state index contributed by atoms with van der Waals surface area (Å²) in [7, 11) is 0. The maximum atomic E-state index is 10.4. The van der Waals surface area contributed by atoms with Crippen molar-refractivity contribution in [3.05, 3.63) is 114 Å². The number of hydrogen-bond acceptors (Lipinski definition) is 6. The van der Waals surface area contributed by atoms with Crippen molar-refractivity contribution < 1.29 is 29.2 Å². The summed E-state index contributed by atoms with van der Waals surface area (Å²) in [6.07, 6.45) is -1.61. The molecule has 0 radical (unpaired) electrons. The third kappa shape index (κ3) is 9.45. The number of benzene rings is 4. The Balaban J connectivity index is 1.39. The fourth-order valence-corrected chi connectivity index (χ4v) is 6.99. The summed E-state index contributed by atoms with van der Waals surface area (Å²) in [4.78, 5) is 0. The molecule has 0 spiro atoms. The van der Waals surface area contributed by atoms with Crippen LogP contribution < -0.4 is 18.9 Å². The van der Waals surface area contributed by atoms with Gasteiger partial charge in [0.25, 0.3) is 0 Å². The first-order valence-corrected chi connectivity index (χ1v) is 16.7. The van der Waals surface area contributed by atoms with Gasteiger partial charge in [0.05, 0.1) is 17.9 Å². The van der Waals surface area contributed by atoms with Crippen molar-refractivity contribution in [3.63, 3.8) is 0 Å². The average Bonchev–Trinajstić information content (AvgIpc) is 2.99. The number of aliphatic hydroxyl groups is 2. The summed E-state index contributed by atoms with van der Waals surface area (Å²) >= 11 is 14.6. The van der Waals surface area contributed by atoms with Crippen LogP contribution in [0, 0.1) is 0 Å². The van der Waals surface area contributed by atoms with Crippen molar-refractivity contribution in [1.29, 1.82) is 0 Å². The SMILES string of the molecule is CC(C)(c1cc(Br)c(OCC(O)COc2ccccc2)c(Br)c1)c1cc(Br)c(OCC(O)COc2ccccc2)c(Br)c1. The van der Waals surface area contributed by atoms with Gasteiger partial charge in [0.2, 0.25) is 0 Å². The van der Waals surface area contributed by atoms with E-state index in [1.807, 2.05) is 84.9 Å². The van der Waals surface area contributed by atoms with Crippen LogP contribution in [0.25, 0.3) is 0 Å². The Hall–Kier alpha value is -2.08. The highest BCUT2D eigenvalue weighted by molar-refractivity contribution is 9.11. The number of para-hydroxylation sites is 2. The van der Waals surface area contributed by atoms with Crippen LogP contribution in [0.4, 0.5) is 0 Å². The van der Waals surface area contributed by atoms with Gasteiger partial charge in [-0.1, -0.05) is 50.2 Å². The van der Waals surface area contributed by atoms with Gasteiger partial charge in [-0.15, -0.1) is 0 Å². The van der Waals surface area contributed by atoms with Crippen LogP contribution in [-0.2, 0) is 5.41 Å². The van der Waals surface area contributed by atoms with Gasteiger partial charge < -0.3 is 29.2 Å². The third-order valence-corrected chi connectivity index (χ3v) is 9.01. The molecule has 0 amide bonds. The Morgan fingerprint density at radius 3 is 1.16 bits per heavy atom. The zero-order valence-corrected chi connectivity index (χ0v) is 29.9. The first-order valence-electron chi connectivity index (χ1n) is 13.5. The minimum atomic E-state index is -0.803. The smallest absolute Gasteiger partial charge is 0.147 e. The molecular weight excluding hydrogens is 812 g/mol. The molecule has 0 saturated carbocycles. The molecule has 4 aromatic rings. The Bertz CT molecular complexity index is 1330. The fraction of sp³-hybridized carbons (Fsp3) is 0.273. The minimum absolute atomic E-state index is 0.0706. The molecule has 228 valence electrons. The van der Waals surface area contributed by atoms with E-state index in [-0.39, 0.29) is 26.4 Å². The highest BCUT2D eigenvalue weighted by Gasteiger charge is 2.28. The molecule has 43 heavy (non-hydrogen) atoms. The maximum Gasteiger partial charge on any atom is 0.147 e. The quantitative estimate of drug-likeness (QED) is 0.132. The van der Waals surface area contributed by atoms with Crippen molar-refractivity contribution in [2.24, 2.45) is 0 Å². The van der Waals surface area contributed by atoms with Gasteiger partial charge in [-0.05, 0) is 123 Å². The summed E-state index contributed by atoms with van der Waals surface area (Å²) in [5.74, 6) is 2.58. The van der Waals surface area contributed by atoms with E-state index in [0.29, 0.717) is 23.0 Å². The molecule has 0 aliphatic heterocycles. The van der Waals surface area contributed by atoms with Crippen molar-refractivity contribution in [1.82, 2.24) is 0 Å². The lowest BCUT2D eigenvalue weighted by Crippen LogP contribution is -2.25. The van der Waals surface area contributed by atoms with Crippen LogP contribution >= 0.6 is 63.7 Å². The van der Waals surface area contributed by atoms with Gasteiger partial charge in [0.15, 0.2) is 0 Å². The van der Waals surface area contributed by atoms with Crippen molar-refractivity contribution in [3.8, 4) is 23.0 Å². The van der Waals surface area contributed by atoms with E-state index in [2.05, 4.69) is 77.6 Å². The molecule has 0 bridgehead atoms.